The fraction of sp³-hybridized carbons (Fsp3) is 0.412. The zero-order chi connectivity index (χ0) is 15.0. The lowest BCUT2D eigenvalue weighted by Crippen LogP contribution is -2.28. The highest BCUT2D eigenvalue weighted by Crippen LogP contribution is 2.33. The van der Waals surface area contributed by atoms with E-state index < -0.39 is 0 Å². The van der Waals surface area contributed by atoms with Crippen LogP contribution in [-0.2, 0) is 4.79 Å². The lowest BCUT2D eigenvalue weighted by atomic mass is 9.84. The molecule has 110 valence electrons. The van der Waals surface area contributed by atoms with Gasteiger partial charge in [-0.1, -0.05) is 30.2 Å². The summed E-state index contributed by atoms with van der Waals surface area (Å²) in [7, 11) is 0. The minimum absolute atomic E-state index is 0.122. The molecule has 1 aliphatic carbocycles. The number of nitrogens with zero attached hydrogens (tertiary/aromatic N) is 1. The van der Waals surface area contributed by atoms with E-state index in [1.807, 2.05) is 6.92 Å². The Labute approximate surface area is 125 Å². The van der Waals surface area contributed by atoms with E-state index in [1.165, 1.54) is 11.1 Å². The molecule has 0 saturated heterocycles. The molecule has 0 unspecified atom stereocenters. The molecule has 2 N–H and O–H groups in total. The molecular weight excluding hydrogens is 262 g/mol. The zero-order valence-corrected chi connectivity index (χ0v) is 12.8. The van der Waals surface area contributed by atoms with Crippen LogP contribution in [0.15, 0.2) is 18.2 Å². The van der Waals surface area contributed by atoms with Crippen molar-refractivity contribution in [1.29, 1.82) is 0 Å². The average Bonchev–Trinajstić information content (AvgIpc) is 2.69. The third-order valence-electron chi connectivity index (χ3n) is 4.31. The molecule has 1 amide bonds. The minimum Gasteiger partial charge on any atom is -0.322 e. The summed E-state index contributed by atoms with van der Waals surface area (Å²) in [6.07, 6.45) is 3.16. The maximum absolute atomic E-state index is 12.2. The maximum atomic E-state index is 12.2. The van der Waals surface area contributed by atoms with Crippen LogP contribution in [0.2, 0.25) is 0 Å². The predicted octanol–water partition coefficient (Wildman–Crippen LogP) is 3.74. The first-order chi connectivity index (χ1) is 10.1. The zero-order valence-electron chi connectivity index (χ0n) is 12.8. The molecule has 0 aliphatic heterocycles. The number of benzene rings is 1. The summed E-state index contributed by atoms with van der Waals surface area (Å²) in [5.41, 5.74) is 6.01. The van der Waals surface area contributed by atoms with E-state index in [4.69, 9.17) is 0 Å². The fourth-order valence-corrected chi connectivity index (χ4v) is 2.75. The lowest BCUT2D eigenvalue weighted by molar-refractivity contribution is -0.122. The van der Waals surface area contributed by atoms with Crippen LogP contribution >= 0.6 is 0 Å². The van der Waals surface area contributed by atoms with E-state index >= 15 is 0 Å². The van der Waals surface area contributed by atoms with Crippen LogP contribution < -0.4 is 5.32 Å². The molecule has 4 nitrogen and oxygen atoms in total. The highest BCUT2D eigenvalue weighted by molar-refractivity contribution is 5.97. The second-order valence-electron chi connectivity index (χ2n) is 6.01. The highest BCUT2D eigenvalue weighted by atomic mass is 16.1. The van der Waals surface area contributed by atoms with Crippen LogP contribution in [0.3, 0.4) is 0 Å². The number of hydrogen-bond acceptors (Lipinski definition) is 2. The van der Waals surface area contributed by atoms with Crippen molar-refractivity contribution in [1.82, 2.24) is 10.2 Å². The van der Waals surface area contributed by atoms with Gasteiger partial charge in [0.15, 0.2) is 0 Å². The molecule has 1 heterocycles. The number of H-pyrrole nitrogens is 1. The number of hydrogen-bond donors (Lipinski definition) is 2. The Balaban J connectivity index is 1.94. The third kappa shape index (κ3) is 2.58. The van der Waals surface area contributed by atoms with Gasteiger partial charge in [0.25, 0.3) is 0 Å². The van der Waals surface area contributed by atoms with Crippen molar-refractivity contribution in [3.05, 3.63) is 35.0 Å². The molecule has 1 aromatic heterocycles. The Morgan fingerprint density at radius 2 is 2.05 bits per heavy atom. The van der Waals surface area contributed by atoms with E-state index in [0.717, 1.165) is 41.9 Å². The van der Waals surface area contributed by atoms with Crippen LogP contribution in [0.25, 0.3) is 11.3 Å². The quantitative estimate of drug-likeness (QED) is 0.901. The second kappa shape index (κ2) is 5.35. The van der Waals surface area contributed by atoms with Crippen molar-refractivity contribution in [2.24, 2.45) is 5.92 Å². The number of anilines is 1. The molecule has 1 aliphatic rings. The second-order valence-corrected chi connectivity index (χ2v) is 6.01. The van der Waals surface area contributed by atoms with Crippen LogP contribution in [-0.4, -0.2) is 16.1 Å². The molecule has 0 radical (unpaired) electrons. The molecule has 4 heteroatoms. The summed E-state index contributed by atoms with van der Waals surface area (Å²) in [6, 6.07) is 6.28. The number of aromatic nitrogens is 2. The van der Waals surface area contributed by atoms with Gasteiger partial charge < -0.3 is 5.32 Å². The largest absolute Gasteiger partial charge is 0.322 e. The summed E-state index contributed by atoms with van der Waals surface area (Å²) < 4.78 is 0. The Morgan fingerprint density at radius 3 is 2.67 bits per heavy atom. The number of amides is 1. The van der Waals surface area contributed by atoms with Gasteiger partial charge in [-0.05, 0) is 39.2 Å². The Morgan fingerprint density at radius 1 is 1.29 bits per heavy atom. The smallest absolute Gasteiger partial charge is 0.227 e. The van der Waals surface area contributed by atoms with Gasteiger partial charge in [-0.25, -0.2) is 0 Å². The molecule has 1 fully saturated rings. The van der Waals surface area contributed by atoms with Gasteiger partial charge in [0.2, 0.25) is 5.91 Å². The van der Waals surface area contributed by atoms with Crippen LogP contribution in [0.1, 0.15) is 36.1 Å². The van der Waals surface area contributed by atoms with Crippen molar-refractivity contribution >= 4 is 11.6 Å². The Kier molecular flexibility index (Phi) is 3.53. The number of rotatable bonds is 3. The van der Waals surface area contributed by atoms with Gasteiger partial charge in [-0.15, -0.1) is 0 Å². The normalized spacial score (nSPS) is 14.8. The van der Waals surface area contributed by atoms with E-state index in [0.29, 0.717) is 0 Å². The molecule has 21 heavy (non-hydrogen) atoms. The first kappa shape index (κ1) is 13.9. The number of carbonyl (C=O) groups excluding carboxylic acids is 1. The molecule has 0 spiro atoms. The topological polar surface area (TPSA) is 57.8 Å². The van der Waals surface area contributed by atoms with Crippen molar-refractivity contribution in [2.75, 3.05) is 5.32 Å². The molecule has 1 saturated carbocycles. The van der Waals surface area contributed by atoms with E-state index in [9.17, 15) is 4.79 Å². The minimum atomic E-state index is 0.122. The standard InChI is InChI=1S/C17H21N3O/c1-10-7-8-14(11(2)9-10)16-15(12(3)19-20-16)18-17(21)13-5-4-6-13/h7-9,13H,4-6H2,1-3H3,(H,18,21)(H,19,20). The molecule has 1 aromatic carbocycles. The maximum Gasteiger partial charge on any atom is 0.227 e. The SMILES string of the molecule is Cc1ccc(-c2n[nH]c(C)c2NC(=O)C2CCC2)c(C)c1. The molecule has 2 aromatic rings. The molecule has 3 rings (SSSR count). The van der Waals surface area contributed by atoms with Crippen LogP contribution in [0.5, 0.6) is 0 Å². The molecule has 0 atom stereocenters. The highest BCUT2D eigenvalue weighted by Gasteiger charge is 2.27. The summed E-state index contributed by atoms with van der Waals surface area (Å²) in [4.78, 5) is 12.2. The lowest BCUT2D eigenvalue weighted by Gasteiger charge is -2.24. The summed E-state index contributed by atoms with van der Waals surface area (Å²) in [5.74, 6) is 0.294. The average molecular weight is 283 g/mol. The number of nitrogens with one attached hydrogen (secondary N) is 2. The first-order valence-electron chi connectivity index (χ1n) is 7.49. The van der Waals surface area contributed by atoms with Crippen molar-refractivity contribution in [2.45, 2.75) is 40.0 Å². The molecular formula is C17H21N3O. The monoisotopic (exact) mass is 283 g/mol. The Bertz CT molecular complexity index is 683. The number of carbonyl (C=O) groups is 1. The van der Waals surface area contributed by atoms with Gasteiger partial charge >= 0.3 is 0 Å². The van der Waals surface area contributed by atoms with E-state index in [2.05, 4.69) is 47.6 Å². The van der Waals surface area contributed by atoms with Crippen molar-refractivity contribution in [3.63, 3.8) is 0 Å². The van der Waals surface area contributed by atoms with E-state index in [-0.39, 0.29) is 11.8 Å². The van der Waals surface area contributed by atoms with Gasteiger partial charge in [0.1, 0.15) is 5.69 Å². The van der Waals surface area contributed by atoms with Crippen LogP contribution in [0, 0.1) is 26.7 Å². The third-order valence-corrected chi connectivity index (χ3v) is 4.31. The number of aryl methyl sites for hydroxylation is 3. The Hall–Kier alpha value is -2.10. The van der Waals surface area contributed by atoms with Gasteiger partial charge in [-0.3, -0.25) is 9.89 Å². The predicted molar refractivity (Wildman–Crippen MR) is 84.2 cm³/mol. The van der Waals surface area contributed by atoms with Crippen molar-refractivity contribution < 1.29 is 4.79 Å². The summed E-state index contributed by atoms with van der Waals surface area (Å²) in [5, 5.41) is 10.5. The fourth-order valence-electron chi connectivity index (χ4n) is 2.75. The summed E-state index contributed by atoms with van der Waals surface area (Å²) in [6.45, 7) is 6.09. The van der Waals surface area contributed by atoms with Gasteiger partial charge in [0.05, 0.1) is 11.4 Å². The molecule has 0 bridgehead atoms. The number of aromatic amines is 1. The van der Waals surface area contributed by atoms with Gasteiger partial charge in [-0.2, -0.15) is 5.10 Å². The van der Waals surface area contributed by atoms with Crippen molar-refractivity contribution in [3.8, 4) is 11.3 Å². The van der Waals surface area contributed by atoms with E-state index in [1.54, 1.807) is 0 Å². The summed E-state index contributed by atoms with van der Waals surface area (Å²) >= 11 is 0. The van der Waals surface area contributed by atoms with Gasteiger partial charge in [0, 0.05) is 11.5 Å². The van der Waals surface area contributed by atoms with Crippen LogP contribution in [0.4, 0.5) is 5.69 Å². The first-order valence-corrected chi connectivity index (χ1v) is 7.49.